The van der Waals surface area contributed by atoms with Crippen molar-refractivity contribution in [3.8, 4) is 11.1 Å². The van der Waals surface area contributed by atoms with Gasteiger partial charge in [0.25, 0.3) is 0 Å². The van der Waals surface area contributed by atoms with Crippen molar-refractivity contribution in [3.63, 3.8) is 0 Å². The van der Waals surface area contributed by atoms with Crippen molar-refractivity contribution in [2.45, 2.75) is 24.7 Å². The Morgan fingerprint density at radius 2 is 1.51 bits per heavy atom. The first-order valence-corrected chi connectivity index (χ1v) is 14.3. The lowest BCUT2D eigenvalue weighted by Crippen LogP contribution is -1.97. The minimum Gasteiger partial charge on any atom is -0.256 e. The minimum atomic E-state index is -3.26. The molecule has 0 saturated heterocycles. The molecular weight excluding hydrogens is 474 g/mol. The molecule has 1 aromatic heterocycles. The van der Waals surface area contributed by atoms with Gasteiger partial charge in [0.15, 0.2) is 9.84 Å². The second-order valence-electron chi connectivity index (χ2n) is 9.64. The SMILES string of the molecule is CC(C)c1cc(-c2cccc(C=C(c3ccccc3)c3ccc(S(C)(=O)=O)cc3)c2)c2ncccc2c1. The number of fused-ring (bicyclic) bond motifs is 1. The molecule has 5 aromatic rings. The molecule has 0 aliphatic carbocycles. The number of pyridine rings is 1. The van der Waals surface area contributed by atoms with Crippen LogP contribution in [-0.4, -0.2) is 19.7 Å². The quantitative estimate of drug-likeness (QED) is 0.220. The normalized spacial score (nSPS) is 12.3. The van der Waals surface area contributed by atoms with Crippen molar-refractivity contribution >= 4 is 32.4 Å². The number of benzene rings is 4. The minimum absolute atomic E-state index is 0.315. The van der Waals surface area contributed by atoms with Gasteiger partial charge in [0.2, 0.25) is 0 Å². The molecule has 1 heterocycles. The van der Waals surface area contributed by atoms with E-state index in [1.165, 1.54) is 11.8 Å². The van der Waals surface area contributed by atoms with Gasteiger partial charge in [-0.2, -0.15) is 0 Å². The van der Waals surface area contributed by atoms with Crippen LogP contribution in [0, 0.1) is 0 Å². The molecule has 0 atom stereocenters. The fraction of sp³-hybridized carbons (Fsp3) is 0.121. The molecule has 0 amide bonds. The lowest BCUT2D eigenvalue weighted by atomic mass is 9.92. The van der Waals surface area contributed by atoms with Gasteiger partial charge < -0.3 is 0 Å². The van der Waals surface area contributed by atoms with Gasteiger partial charge in [-0.1, -0.05) is 80.6 Å². The molecule has 0 aliphatic rings. The van der Waals surface area contributed by atoms with Crippen LogP contribution in [-0.2, 0) is 9.84 Å². The van der Waals surface area contributed by atoms with Gasteiger partial charge >= 0.3 is 0 Å². The van der Waals surface area contributed by atoms with Crippen molar-refractivity contribution in [1.29, 1.82) is 0 Å². The van der Waals surface area contributed by atoms with Crippen LogP contribution >= 0.6 is 0 Å². The van der Waals surface area contributed by atoms with Gasteiger partial charge in [0, 0.05) is 23.4 Å². The first kappa shape index (κ1) is 24.7. The molecule has 37 heavy (non-hydrogen) atoms. The van der Waals surface area contributed by atoms with Crippen molar-refractivity contribution in [1.82, 2.24) is 4.98 Å². The van der Waals surface area contributed by atoms with Crippen LogP contribution in [0.4, 0.5) is 0 Å². The summed E-state index contributed by atoms with van der Waals surface area (Å²) in [5, 5.41) is 1.14. The summed E-state index contributed by atoms with van der Waals surface area (Å²) in [6.45, 7) is 4.42. The van der Waals surface area contributed by atoms with Crippen LogP contribution in [0.5, 0.6) is 0 Å². The smallest absolute Gasteiger partial charge is 0.175 e. The zero-order valence-electron chi connectivity index (χ0n) is 21.2. The lowest BCUT2D eigenvalue weighted by Gasteiger charge is -2.13. The zero-order valence-corrected chi connectivity index (χ0v) is 22.0. The van der Waals surface area contributed by atoms with E-state index in [1.807, 2.05) is 42.6 Å². The van der Waals surface area contributed by atoms with Gasteiger partial charge in [-0.05, 0) is 81.8 Å². The van der Waals surface area contributed by atoms with E-state index < -0.39 is 9.84 Å². The highest BCUT2D eigenvalue weighted by Crippen LogP contribution is 2.33. The van der Waals surface area contributed by atoms with E-state index >= 15 is 0 Å². The summed E-state index contributed by atoms with van der Waals surface area (Å²) in [5.41, 5.74) is 8.61. The molecule has 0 fully saturated rings. The van der Waals surface area contributed by atoms with Crippen molar-refractivity contribution < 1.29 is 8.42 Å². The maximum atomic E-state index is 12.0. The predicted molar refractivity (Wildman–Crippen MR) is 154 cm³/mol. The molecule has 0 radical (unpaired) electrons. The molecule has 0 unspecified atom stereocenters. The lowest BCUT2D eigenvalue weighted by molar-refractivity contribution is 0.602. The molecule has 0 bridgehead atoms. The van der Waals surface area contributed by atoms with Gasteiger partial charge in [-0.3, -0.25) is 4.98 Å². The molecule has 0 spiro atoms. The fourth-order valence-corrected chi connectivity index (χ4v) is 5.19. The van der Waals surface area contributed by atoms with Gasteiger partial charge in [0.05, 0.1) is 10.4 Å². The Labute approximate surface area is 219 Å². The fourth-order valence-electron chi connectivity index (χ4n) is 4.56. The van der Waals surface area contributed by atoms with E-state index in [2.05, 4.69) is 74.5 Å². The maximum Gasteiger partial charge on any atom is 0.175 e. The molecule has 3 nitrogen and oxygen atoms in total. The monoisotopic (exact) mass is 503 g/mol. The molecular formula is C33H29NO2S. The Kier molecular flexibility index (Phi) is 6.77. The summed E-state index contributed by atoms with van der Waals surface area (Å²) < 4.78 is 24.0. The molecule has 4 heteroatoms. The number of rotatable bonds is 6. The van der Waals surface area contributed by atoms with Crippen LogP contribution < -0.4 is 0 Å². The van der Waals surface area contributed by atoms with Crippen molar-refractivity contribution in [2.24, 2.45) is 0 Å². The largest absolute Gasteiger partial charge is 0.256 e. The molecule has 0 N–H and O–H groups in total. The Hall–Kier alpha value is -4.02. The van der Waals surface area contributed by atoms with E-state index in [-0.39, 0.29) is 0 Å². The number of hydrogen-bond acceptors (Lipinski definition) is 3. The Bertz CT molecular complexity index is 1700. The van der Waals surface area contributed by atoms with E-state index in [0.717, 1.165) is 44.3 Å². The van der Waals surface area contributed by atoms with Crippen molar-refractivity contribution in [2.75, 3.05) is 6.26 Å². The second kappa shape index (κ2) is 10.2. The highest BCUT2D eigenvalue weighted by molar-refractivity contribution is 7.90. The third kappa shape index (κ3) is 5.40. The van der Waals surface area contributed by atoms with Crippen LogP contribution in [0.15, 0.2) is 114 Å². The zero-order chi connectivity index (χ0) is 26.0. The average Bonchev–Trinajstić information content (AvgIpc) is 2.91. The topological polar surface area (TPSA) is 47.0 Å². The van der Waals surface area contributed by atoms with E-state index in [0.29, 0.717) is 10.8 Å². The first-order valence-electron chi connectivity index (χ1n) is 12.4. The van der Waals surface area contributed by atoms with Crippen molar-refractivity contribution in [3.05, 3.63) is 132 Å². The van der Waals surface area contributed by atoms with Crippen LogP contribution in [0.1, 0.15) is 42.0 Å². The molecule has 0 saturated carbocycles. The van der Waals surface area contributed by atoms with Gasteiger partial charge in [-0.15, -0.1) is 0 Å². The summed E-state index contributed by atoms with van der Waals surface area (Å²) in [4.78, 5) is 5.02. The summed E-state index contributed by atoms with van der Waals surface area (Å²) >= 11 is 0. The van der Waals surface area contributed by atoms with E-state index in [1.54, 1.807) is 12.1 Å². The van der Waals surface area contributed by atoms with E-state index in [4.69, 9.17) is 4.98 Å². The summed E-state index contributed by atoms with van der Waals surface area (Å²) in [6.07, 6.45) is 5.24. The van der Waals surface area contributed by atoms with Crippen LogP contribution in [0.25, 0.3) is 33.7 Å². The average molecular weight is 504 g/mol. The second-order valence-corrected chi connectivity index (χ2v) is 11.7. The predicted octanol–water partition coefficient (Wildman–Crippen LogP) is 8.02. The van der Waals surface area contributed by atoms with E-state index in [9.17, 15) is 8.42 Å². The van der Waals surface area contributed by atoms with Crippen LogP contribution in [0.3, 0.4) is 0 Å². The molecule has 0 aliphatic heterocycles. The summed E-state index contributed by atoms with van der Waals surface area (Å²) in [6, 6.07) is 34.4. The highest BCUT2D eigenvalue weighted by atomic mass is 32.2. The Morgan fingerprint density at radius 3 is 2.22 bits per heavy atom. The Morgan fingerprint density at radius 1 is 0.784 bits per heavy atom. The van der Waals surface area contributed by atoms with Gasteiger partial charge in [-0.25, -0.2) is 8.42 Å². The van der Waals surface area contributed by atoms with Crippen LogP contribution in [0.2, 0.25) is 0 Å². The maximum absolute atomic E-state index is 12.0. The standard InChI is InChI=1S/C33H29NO2S/c1-23(2)29-21-28-13-8-18-34-33(28)32(22-29)27-12-7-9-24(19-27)20-31(25-10-5-4-6-11-25)26-14-16-30(17-15-26)37(3,35)36/h4-23H,1-3H3. The molecule has 4 aromatic carbocycles. The number of nitrogens with zero attached hydrogens (tertiary/aromatic N) is 1. The van der Waals surface area contributed by atoms with Gasteiger partial charge in [0.1, 0.15) is 0 Å². The summed E-state index contributed by atoms with van der Waals surface area (Å²) in [5.74, 6) is 0.408. The molecule has 5 rings (SSSR count). The third-order valence-electron chi connectivity index (χ3n) is 6.58. The number of aromatic nitrogens is 1. The first-order chi connectivity index (χ1) is 17.8. The number of sulfone groups is 1. The Balaban J connectivity index is 1.65. The third-order valence-corrected chi connectivity index (χ3v) is 7.71. The number of hydrogen-bond donors (Lipinski definition) is 0. The molecule has 184 valence electrons. The summed E-state index contributed by atoms with van der Waals surface area (Å²) in [7, 11) is -3.26. The highest BCUT2D eigenvalue weighted by Gasteiger charge is 2.12.